The van der Waals surface area contributed by atoms with Crippen molar-refractivity contribution in [3.8, 4) is 0 Å². The van der Waals surface area contributed by atoms with Gasteiger partial charge in [-0.2, -0.15) is 0 Å². The second-order valence-electron chi connectivity index (χ2n) is 1.69. The first-order valence-corrected chi connectivity index (χ1v) is 11.7. The van der Waals surface area contributed by atoms with E-state index >= 15 is 0 Å². The van der Waals surface area contributed by atoms with Crippen LogP contribution in [0.4, 0.5) is 0 Å². The molecule has 0 unspecified atom stereocenters. The molecule has 34 valence electrons. The fourth-order valence-electron chi connectivity index (χ4n) is 0. The molecule has 0 atom stereocenters. The topological polar surface area (TPSA) is 0 Å². The van der Waals surface area contributed by atoms with Crippen LogP contribution >= 0.6 is 20.3 Å². The molecule has 0 aliphatic carbocycles. The Bertz CT molecular complexity index is 22.4. The van der Waals surface area contributed by atoms with Crippen LogP contribution in [0.1, 0.15) is 0 Å². The zero-order valence-electron chi connectivity index (χ0n) is 3.79. The van der Waals surface area contributed by atoms with E-state index in [2.05, 4.69) is 37.8 Å². The number of rotatable bonds is 0. The van der Waals surface area contributed by atoms with Gasteiger partial charge in [-0.3, -0.25) is 0 Å². The van der Waals surface area contributed by atoms with E-state index < -0.39 is 9.60 Å². The van der Waals surface area contributed by atoms with Crippen molar-refractivity contribution in [3.63, 3.8) is 0 Å². The first kappa shape index (κ1) is 6.25. The molecule has 0 nitrogen and oxygen atoms in total. The van der Waals surface area contributed by atoms with Crippen LogP contribution in [0.15, 0.2) is 0 Å². The van der Waals surface area contributed by atoms with Gasteiger partial charge in [-0.1, -0.05) is 0 Å². The van der Waals surface area contributed by atoms with Gasteiger partial charge in [0, 0.05) is 0 Å². The Hall–Kier alpha value is 1.25. The Morgan fingerprint density at radius 2 is 1.20 bits per heavy atom. The Labute approximate surface area is 47.3 Å². The summed E-state index contributed by atoms with van der Waals surface area (Å²) in [6.45, 7) is 0. The number of hydrogen-bond acceptors (Lipinski definition) is 0. The van der Waals surface area contributed by atoms with Crippen LogP contribution in [0.3, 0.4) is 0 Å². The monoisotopic (exact) mass is 252 g/mol. The van der Waals surface area contributed by atoms with Crippen molar-refractivity contribution in [2.24, 2.45) is 0 Å². The van der Waals surface area contributed by atoms with E-state index in [1.807, 2.05) is 0 Å². The summed E-state index contributed by atoms with van der Waals surface area (Å²) in [7, 11) is -0.780. The molecule has 0 aromatic heterocycles. The van der Waals surface area contributed by atoms with Crippen molar-refractivity contribution in [2.45, 2.75) is 17.5 Å². The van der Waals surface area contributed by atoms with Gasteiger partial charge in [0.1, 0.15) is 0 Å². The van der Waals surface area contributed by atoms with Crippen LogP contribution in [-0.4, -0.2) is 9.60 Å². The second kappa shape index (κ2) is 1.80. The number of halogens is 1. The molecule has 0 aromatic rings. The molecule has 0 aliphatic rings. The molecule has 0 aromatic carbocycles. The predicted octanol–water partition coefficient (Wildman–Crippen LogP) is 2.26. The summed E-state index contributed by atoms with van der Waals surface area (Å²) < 4.78 is 0. The van der Waals surface area contributed by atoms with Crippen LogP contribution in [0.5, 0.6) is 0 Å². The van der Waals surface area contributed by atoms with Crippen molar-refractivity contribution in [1.82, 2.24) is 0 Å². The van der Waals surface area contributed by atoms with Gasteiger partial charge in [0.15, 0.2) is 0 Å². The first-order chi connectivity index (χ1) is 2.00. The normalized spacial score (nSPS) is 15.2. The molecule has 0 N–H and O–H groups in total. The number of hydrogen-bond donors (Lipinski definition) is 0. The maximum atomic E-state index is 2.53. The third-order valence-corrected chi connectivity index (χ3v) is 0. The van der Waals surface area contributed by atoms with Gasteiger partial charge in [-0.25, -0.2) is 0 Å². The van der Waals surface area contributed by atoms with Crippen molar-refractivity contribution in [3.05, 3.63) is 0 Å². The minimum absolute atomic E-state index is 0.780. The summed E-state index contributed by atoms with van der Waals surface area (Å²) in [5.74, 6) is 6.99. The average molecular weight is 251 g/mol. The molecule has 0 fully saturated rings. The molecule has 0 aliphatic heterocycles. The van der Waals surface area contributed by atoms with Gasteiger partial charge in [0.2, 0.25) is 0 Å². The van der Waals surface area contributed by atoms with Crippen molar-refractivity contribution in [1.29, 1.82) is 0 Å². The summed E-state index contributed by atoms with van der Waals surface area (Å²) in [4.78, 5) is 0. The van der Waals surface area contributed by atoms with E-state index in [0.717, 1.165) is 0 Å². The summed E-state index contributed by atoms with van der Waals surface area (Å²) in [6.07, 6.45) is 0. The van der Waals surface area contributed by atoms with E-state index in [1.54, 1.807) is 0 Å². The summed E-state index contributed by atoms with van der Waals surface area (Å²) >= 11 is 2.53. The van der Waals surface area contributed by atoms with Gasteiger partial charge in [0.25, 0.3) is 0 Å². The van der Waals surface area contributed by atoms with Gasteiger partial charge < -0.3 is 0 Å². The molecule has 0 rings (SSSR count). The van der Waals surface area contributed by atoms with Crippen LogP contribution in [0.25, 0.3) is 0 Å². The van der Waals surface area contributed by atoms with E-state index in [0.29, 0.717) is 0 Å². The molecule has 2 heteroatoms. The molecular formula is C3H9ISe. The van der Waals surface area contributed by atoms with Crippen LogP contribution in [0.2, 0.25) is 17.5 Å². The van der Waals surface area contributed by atoms with Crippen LogP contribution < -0.4 is 0 Å². The Kier molecular flexibility index (Phi) is 2.25. The fourth-order valence-corrected chi connectivity index (χ4v) is 0. The van der Waals surface area contributed by atoms with Crippen molar-refractivity contribution in [2.75, 3.05) is 0 Å². The van der Waals surface area contributed by atoms with Crippen molar-refractivity contribution < 1.29 is 0 Å². The molecule has 0 heterocycles. The molecule has 5 heavy (non-hydrogen) atoms. The molecule has 0 amide bonds. The average Bonchev–Trinajstić information content (AvgIpc) is 0.722. The fraction of sp³-hybridized carbons (Fsp3) is 1.00. The molecule has 0 saturated heterocycles. The third kappa shape index (κ3) is 35.5. The molecule has 0 saturated carbocycles. The Balaban J connectivity index is 3.02. The molecule has 0 spiro atoms. The summed E-state index contributed by atoms with van der Waals surface area (Å²) in [5, 5.41) is 0. The first-order valence-electron chi connectivity index (χ1n) is 1.38. The molecule has 0 radical (unpaired) electrons. The molecule has 0 bridgehead atoms. The second-order valence-corrected chi connectivity index (χ2v) is 22.5. The molecular weight excluding hydrogens is 242 g/mol. The zero-order chi connectivity index (χ0) is 4.50. The summed E-state index contributed by atoms with van der Waals surface area (Å²) in [5.41, 5.74) is 0. The van der Waals surface area contributed by atoms with Crippen molar-refractivity contribution >= 4 is 29.9 Å². The standard InChI is InChI=1S/C3H9ISe/c1-5(2,3)4/h1-3H3. The van der Waals surface area contributed by atoms with Gasteiger partial charge in [0.05, 0.1) is 0 Å². The van der Waals surface area contributed by atoms with E-state index in [1.165, 1.54) is 0 Å². The Morgan fingerprint density at radius 1 is 1.20 bits per heavy atom. The van der Waals surface area contributed by atoms with Gasteiger partial charge in [-0.15, -0.1) is 0 Å². The summed E-state index contributed by atoms with van der Waals surface area (Å²) in [6, 6.07) is 0. The van der Waals surface area contributed by atoms with E-state index in [9.17, 15) is 0 Å². The van der Waals surface area contributed by atoms with E-state index in [-0.39, 0.29) is 0 Å². The predicted molar refractivity (Wildman–Crippen MR) is 37.4 cm³/mol. The minimum atomic E-state index is -0.780. The van der Waals surface area contributed by atoms with Crippen LogP contribution in [-0.2, 0) is 0 Å². The van der Waals surface area contributed by atoms with Gasteiger partial charge in [-0.05, 0) is 0 Å². The van der Waals surface area contributed by atoms with Gasteiger partial charge >= 0.3 is 47.4 Å². The maximum absolute atomic E-state index is 2.53. The van der Waals surface area contributed by atoms with E-state index in [4.69, 9.17) is 0 Å². The van der Waals surface area contributed by atoms with Crippen LogP contribution in [0, 0.1) is 0 Å². The Morgan fingerprint density at radius 3 is 1.20 bits per heavy atom. The SMILES string of the molecule is C[Se](C)(C)I. The zero-order valence-corrected chi connectivity index (χ0v) is 7.66. The quantitative estimate of drug-likeness (QED) is 0.457. The third-order valence-electron chi connectivity index (χ3n) is 0.